The van der Waals surface area contributed by atoms with Gasteiger partial charge in [-0.15, -0.1) is 0 Å². The van der Waals surface area contributed by atoms with Crippen LogP contribution in [0.25, 0.3) is 22.4 Å². The molecule has 4 aromatic rings. The van der Waals surface area contributed by atoms with Gasteiger partial charge in [0.05, 0.1) is 37.3 Å². The third-order valence-corrected chi connectivity index (χ3v) is 16.6. The van der Waals surface area contributed by atoms with Crippen LogP contribution >= 0.6 is 0 Å². The molecule has 5 fully saturated rings. The number of ether oxygens (including phenoxy) is 1. The van der Waals surface area contributed by atoms with Gasteiger partial charge in [-0.2, -0.15) is 0 Å². The summed E-state index contributed by atoms with van der Waals surface area (Å²) in [4.78, 5) is 63.0. The molecule has 5 aliphatic heterocycles. The van der Waals surface area contributed by atoms with Gasteiger partial charge in [0, 0.05) is 47.8 Å². The molecule has 0 spiro atoms. The summed E-state index contributed by atoms with van der Waals surface area (Å²) < 4.78 is 4.81. The van der Waals surface area contributed by atoms with E-state index in [0.29, 0.717) is 36.4 Å². The predicted molar refractivity (Wildman–Crippen MR) is 244 cm³/mol. The molecule has 2 aromatic carbocycles. The van der Waals surface area contributed by atoms with Crippen LogP contribution in [0.15, 0.2) is 36.7 Å². The van der Waals surface area contributed by atoms with Crippen LogP contribution in [0.5, 0.6) is 0 Å². The molecule has 334 valence electrons. The number of aromatic amines is 2. The zero-order chi connectivity index (χ0) is 44.3. The third kappa shape index (κ3) is 6.30. The summed E-state index contributed by atoms with van der Waals surface area (Å²) in [6.45, 7) is 14.0. The number of aromatic nitrogens is 4. The van der Waals surface area contributed by atoms with Crippen molar-refractivity contribution < 1.29 is 19.1 Å². The molecule has 12 heteroatoms. The topological polar surface area (TPSA) is 140 Å². The highest BCUT2D eigenvalue weighted by atomic mass is 16.5. The number of imidazole rings is 2. The lowest BCUT2D eigenvalue weighted by Gasteiger charge is -2.65. The maximum absolute atomic E-state index is 13.7. The zero-order valence-corrected chi connectivity index (χ0v) is 38.4. The van der Waals surface area contributed by atoms with E-state index in [1.54, 1.807) is 6.20 Å². The van der Waals surface area contributed by atoms with Crippen LogP contribution in [0.3, 0.4) is 0 Å². The van der Waals surface area contributed by atoms with E-state index in [-0.39, 0.29) is 41.3 Å². The average molecular weight is 863 g/mol. The van der Waals surface area contributed by atoms with Gasteiger partial charge in [-0.1, -0.05) is 58.7 Å². The van der Waals surface area contributed by atoms with Crippen molar-refractivity contribution in [3.05, 3.63) is 81.8 Å². The molecule has 3 amide bonds. The van der Waals surface area contributed by atoms with Crippen LogP contribution < -0.4 is 5.32 Å². The molecule has 9 atom stereocenters. The first-order chi connectivity index (χ1) is 30.8. The van der Waals surface area contributed by atoms with Crippen LogP contribution in [0.4, 0.5) is 4.79 Å². The number of H-pyrrole nitrogens is 2. The van der Waals surface area contributed by atoms with Gasteiger partial charge in [0.2, 0.25) is 11.8 Å². The van der Waals surface area contributed by atoms with Gasteiger partial charge in [-0.3, -0.25) is 14.5 Å². The minimum absolute atomic E-state index is 0.00850. The maximum Gasteiger partial charge on any atom is 0.407 e. The second-order valence-electron chi connectivity index (χ2n) is 20.9. The normalized spacial score (nSPS) is 28.0. The van der Waals surface area contributed by atoms with Gasteiger partial charge >= 0.3 is 6.09 Å². The smallest absolute Gasteiger partial charge is 0.407 e. The lowest BCUT2D eigenvalue weighted by atomic mass is 9.68. The number of piperidine rings is 1. The Morgan fingerprint density at radius 2 is 1.34 bits per heavy atom. The molecule has 12 nitrogen and oxygen atoms in total. The fraction of sp³-hybridized carbons (Fsp3) is 0.558. The van der Waals surface area contributed by atoms with E-state index in [9.17, 15) is 14.4 Å². The Bertz CT molecular complexity index is 2630. The predicted octanol–water partition coefficient (Wildman–Crippen LogP) is 9.19. The Balaban J connectivity index is 0.902. The van der Waals surface area contributed by atoms with Crippen LogP contribution in [-0.4, -0.2) is 84.3 Å². The largest absolute Gasteiger partial charge is 0.453 e. The Morgan fingerprint density at radius 3 is 2.02 bits per heavy atom. The van der Waals surface area contributed by atoms with Gasteiger partial charge in [0.15, 0.2) is 0 Å². The number of nitrogens with zero attached hydrogens (tertiary/aromatic N) is 5. The van der Waals surface area contributed by atoms with E-state index < -0.39 is 12.1 Å². The number of methoxy groups -OCH3 is 1. The number of carbonyl (C=O) groups excluding carboxylic acids is 3. The van der Waals surface area contributed by atoms with Crippen LogP contribution in [0.2, 0.25) is 0 Å². The Labute approximate surface area is 376 Å². The number of benzene rings is 2. The number of rotatable bonds is 9. The summed E-state index contributed by atoms with van der Waals surface area (Å²) in [5.41, 5.74) is 13.1. The lowest BCUT2D eigenvalue weighted by Crippen LogP contribution is -2.66. The van der Waals surface area contributed by atoms with Crippen molar-refractivity contribution in [2.75, 3.05) is 20.2 Å². The fourth-order valence-electron chi connectivity index (χ4n) is 13.1. The first-order valence-electron chi connectivity index (χ1n) is 24.0. The first kappa shape index (κ1) is 41.3. The minimum atomic E-state index is -0.682. The molecule has 0 radical (unpaired) electrons. The molecular weight excluding hydrogens is 801 g/mol. The van der Waals surface area contributed by atoms with Crippen molar-refractivity contribution in [1.29, 1.82) is 0 Å². The highest BCUT2D eigenvalue weighted by Crippen LogP contribution is 2.71. The summed E-state index contributed by atoms with van der Waals surface area (Å²) in [5.74, 6) is 10.0. The van der Waals surface area contributed by atoms with Crippen LogP contribution in [-0.2, 0) is 14.3 Å². The number of likely N-dealkylation sites (tertiary alicyclic amines) is 2. The van der Waals surface area contributed by atoms with E-state index in [1.165, 1.54) is 78.2 Å². The van der Waals surface area contributed by atoms with Crippen molar-refractivity contribution in [3.8, 4) is 34.2 Å². The number of amides is 3. The van der Waals surface area contributed by atoms with Crippen molar-refractivity contribution in [1.82, 2.24) is 40.0 Å². The molecule has 2 aromatic heterocycles. The molecule has 5 unspecified atom stereocenters. The molecule has 3 N–H and O–H groups in total. The van der Waals surface area contributed by atoms with Crippen molar-refractivity contribution in [2.24, 2.45) is 17.8 Å². The van der Waals surface area contributed by atoms with Gasteiger partial charge in [-0.25, -0.2) is 14.8 Å². The van der Waals surface area contributed by atoms with Gasteiger partial charge in [0.1, 0.15) is 23.4 Å². The van der Waals surface area contributed by atoms with E-state index >= 15 is 0 Å². The van der Waals surface area contributed by atoms with Crippen molar-refractivity contribution >= 4 is 17.9 Å². The second kappa shape index (κ2) is 15.4. The first-order valence-corrected chi connectivity index (χ1v) is 24.0. The van der Waals surface area contributed by atoms with E-state index in [2.05, 4.69) is 88.9 Å². The van der Waals surface area contributed by atoms with Crippen LogP contribution in [0.1, 0.15) is 180 Å². The molecule has 2 bridgehead atoms. The number of nitrogens with one attached hydrogen (secondary N) is 3. The van der Waals surface area contributed by atoms with E-state index in [0.717, 1.165) is 60.8 Å². The molecule has 64 heavy (non-hydrogen) atoms. The Hall–Kier alpha value is -5.41. The molecule has 7 heterocycles. The van der Waals surface area contributed by atoms with Gasteiger partial charge in [0.25, 0.3) is 0 Å². The van der Waals surface area contributed by atoms with Gasteiger partial charge in [-0.05, 0) is 134 Å². The number of fused-ring (bicyclic) bond motifs is 8. The maximum atomic E-state index is 13.7. The third-order valence-electron chi connectivity index (χ3n) is 16.6. The average Bonchev–Trinajstić information content (AvgIpc) is 4.15. The molecule has 4 saturated heterocycles. The summed E-state index contributed by atoms with van der Waals surface area (Å²) >= 11 is 0. The van der Waals surface area contributed by atoms with Crippen LogP contribution in [0, 0.1) is 29.6 Å². The zero-order valence-electron chi connectivity index (χ0n) is 38.4. The molecule has 1 saturated carbocycles. The Morgan fingerprint density at radius 1 is 0.734 bits per heavy atom. The van der Waals surface area contributed by atoms with E-state index in [4.69, 9.17) is 14.7 Å². The second-order valence-corrected chi connectivity index (χ2v) is 20.9. The number of hydrogen-bond donors (Lipinski definition) is 3. The molecular formula is C52H62N8O4. The summed E-state index contributed by atoms with van der Waals surface area (Å²) in [6, 6.07) is 9.31. The monoisotopic (exact) mass is 862 g/mol. The highest BCUT2D eigenvalue weighted by molar-refractivity contribution is 5.87. The van der Waals surface area contributed by atoms with E-state index in [1.807, 2.05) is 24.9 Å². The lowest BCUT2D eigenvalue weighted by molar-refractivity contribution is -0.177. The summed E-state index contributed by atoms with van der Waals surface area (Å²) in [5, 5.41) is 2.74. The molecule has 7 aliphatic rings. The summed E-state index contributed by atoms with van der Waals surface area (Å²) in [7, 11) is 1.31. The van der Waals surface area contributed by atoms with Crippen molar-refractivity contribution in [2.45, 2.75) is 147 Å². The minimum Gasteiger partial charge on any atom is -0.453 e. The fourth-order valence-corrected chi connectivity index (χ4v) is 13.1. The molecule has 2 aliphatic carbocycles. The number of hydrogen-bond acceptors (Lipinski definition) is 7. The highest BCUT2D eigenvalue weighted by Gasteiger charge is 2.66. The van der Waals surface area contributed by atoms with Crippen molar-refractivity contribution in [3.63, 3.8) is 0 Å². The number of alkyl carbamates (subject to hydrolysis) is 1. The SMILES string of the molecule is COC(=O)N[C@H](C(=O)N1CCC[C@H]1c1ncc(C#Cc2ccc(-c3ccc(-c4cnc([C@@H]5CCCN5C(=O)[C@H](C)C(C)C)[nH]4)c4c3C3CC5(C)CC4N35)c3c2C2CCC3C2)[nH]1)C(C)C. The van der Waals surface area contributed by atoms with Gasteiger partial charge < -0.3 is 29.8 Å². The molecule has 11 rings (SSSR count). The summed E-state index contributed by atoms with van der Waals surface area (Å²) in [6.07, 6.45) is 12.8. The number of carbonyl (C=O) groups is 3. The quantitative estimate of drug-likeness (QED) is 0.143. The Kier molecular flexibility index (Phi) is 9.91. The standard InChI is InChI=1S/C52H62N8O4/c1-27(2)29(5)49(61)58-20-8-11-39(58)48-54-26-37(56-48)36-19-18-35(44-40-23-52(6)24-41(45(36)44)60(40)52)34-17-15-30(42-31-12-13-32(22-31)43(34)42)14-16-33-25-53-47(55-33)38-10-9-21-59(38)50(62)46(28(3)4)57-51(63)64-7/h15,17-19,25-29,31-32,38-41,46H,8-13,20-24H2,1-7H3,(H,53,55)(H,54,56)(H,57,63)/t29-,31?,32?,38+,39+,40?,41?,46+,52?/m1/s1.